The van der Waals surface area contributed by atoms with E-state index in [1.807, 2.05) is 0 Å². The fourth-order valence-electron chi connectivity index (χ4n) is 2.07. The van der Waals surface area contributed by atoms with Gasteiger partial charge in [-0.1, -0.05) is 36.9 Å². The van der Waals surface area contributed by atoms with Crippen LogP contribution in [0.5, 0.6) is 0 Å². The molecule has 0 radical (unpaired) electrons. The number of rotatable bonds is 6. The number of hydroxylamine groups is 1. The van der Waals surface area contributed by atoms with E-state index in [0.717, 1.165) is 12.1 Å². The number of hydrogen-bond acceptors (Lipinski definition) is 4. The van der Waals surface area contributed by atoms with Crippen LogP contribution in [0.3, 0.4) is 0 Å². The zero-order valence-electron chi connectivity index (χ0n) is 13.9. The van der Waals surface area contributed by atoms with Crippen LogP contribution in [0.1, 0.15) is 16.7 Å². The van der Waals surface area contributed by atoms with Crippen LogP contribution in [-0.4, -0.2) is 13.2 Å². The molecule has 1 amide bonds. The highest BCUT2D eigenvalue weighted by Crippen LogP contribution is 2.30. The number of carbonyl (C=O) groups excluding carboxylic acids is 1. The lowest BCUT2D eigenvalue weighted by molar-refractivity contribution is -0.137. The first kappa shape index (κ1) is 19.3. The minimum Gasteiger partial charge on any atom is -0.453 e. The van der Waals surface area contributed by atoms with E-state index in [9.17, 15) is 18.0 Å². The van der Waals surface area contributed by atoms with Crippen molar-refractivity contribution in [3.8, 4) is 0 Å². The number of benzene rings is 2. The highest BCUT2D eigenvalue weighted by atomic mass is 19.4. The van der Waals surface area contributed by atoms with E-state index in [1.54, 1.807) is 24.3 Å². The molecule has 0 unspecified atom stereocenters. The van der Waals surface area contributed by atoms with Gasteiger partial charge in [-0.15, -0.1) is 0 Å². The normalized spacial score (nSPS) is 10.9. The minimum absolute atomic E-state index is 0.0398. The Bertz CT molecular complexity index is 791. The molecule has 0 heterocycles. The van der Waals surface area contributed by atoms with Gasteiger partial charge >= 0.3 is 12.3 Å². The van der Waals surface area contributed by atoms with Gasteiger partial charge in [-0.25, -0.2) is 4.79 Å². The van der Waals surface area contributed by atoms with Crippen molar-refractivity contribution in [3.63, 3.8) is 0 Å². The Morgan fingerprint density at radius 1 is 1.15 bits per heavy atom. The molecule has 0 atom stereocenters. The lowest BCUT2D eigenvalue weighted by Gasteiger charge is -2.14. The fraction of sp³-hybridized carbons (Fsp3) is 0.167. The minimum atomic E-state index is -4.43. The van der Waals surface area contributed by atoms with E-state index in [4.69, 9.17) is 4.84 Å². The topological polar surface area (TPSA) is 59.6 Å². The molecule has 0 saturated heterocycles. The summed E-state index contributed by atoms with van der Waals surface area (Å²) in [5.41, 5.74) is 3.30. The second-order valence-electron chi connectivity index (χ2n) is 5.22. The molecule has 2 rings (SSSR count). The summed E-state index contributed by atoms with van der Waals surface area (Å²) in [4.78, 5) is 16.6. The monoisotopic (exact) mass is 366 g/mol. The predicted octanol–water partition coefficient (Wildman–Crippen LogP) is 4.58. The molecule has 138 valence electrons. The van der Waals surface area contributed by atoms with Crippen molar-refractivity contribution in [2.24, 2.45) is 0 Å². The van der Waals surface area contributed by atoms with Crippen LogP contribution in [0.4, 0.5) is 23.7 Å². The van der Waals surface area contributed by atoms with Crippen molar-refractivity contribution in [2.45, 2.75) is 12.8 Å². The van der Waals surface area contributed by atoms with Gasteiger partial charge in [-0.3, -0.25) is 15.6 Å². The van der Waals surface area contributed by atoms with Crippen molar-refractivity contribution in [1.82, 2.24) is 5.48 Å². The first-order valence-corrected chi connectivity index (χ1v) is 7.48. The Balaban J connectivity index is 1.98. The van der Waals surface area contributed by atoms with Crippen LogP contribution in [0.25, 0.3) is 5.70 Å². The largest absolute Gasteiger partial charge is 0.453 e. The number of methoxy groups -OCH3 is 1. The van der Waals surface area contributed by atoms with E-state index >= 15 is 0 Å². The summed E-state index contributed by atoms with van der Waals surface area (Å²) in [6, 6.07) is 11.6. The van der Waals surface area contributed by atoms with E-state index in [1.165, 1.54) is 19.2 Å². The molecular formula is C18H17F3N2O3. The van der Waals surface area contributed by atoms with E-state index < -0.39 is 17.8 Å². The number of halogens is 3. The lowest BCUT2D eigenvalue weighted by atomic mass is 10.1. The van der Waals surface area contributed by atoms with Crippen molar-refractivity contribution in [1.29, 1.82) is 0 Å². The van der Waals surface area contributed by atoms with Crippen molar-refractivity contribution in [2.75, 3.05) is 12.4 Å². The van der Waals surface area contributed by atoms with Crippen LogP contribution in [0.2, 0.25) is 0 Å². The molecule has 2 aromatic carbocycles. The summed E-state index contributed by atoms with van der Waals surface area (Å²) in [6.07, 6.45) is -5.06. The summed E-state index contributed by atoms with van der Waals surface area (Å²) in [5, 5.41) is 2.54. The molecule has 5 nitrogen and oxygen atoms in total. The molecule has 0 saturated carbocycles. The van der Waals surface area contributed by atoms with E-state index in [-0.39, 0.29) is 17.9 Å². The lowest BCUT2D eigenvalue weighted by Crippen LogP contribution is -2.16. The average molecular weight is 366 g/mol. The number of nitrogens with one attached hydrogen (secondary N) is 2. The summed E-state index contributed by atoms with van der Waals surface area (Å²) < 4.78 is 42.8. The number of carbonyl (C=O) groups is 1. The summed E-state index contributed by atoms with van der Waals surface area (Å²) in [7, 11) is 1.25. The smallest absolute Gasteiger partial charge is 0.416 e. The maximum Gasteiger partial charge on any atom is 0.416 e. The number of alkyl halides is 3. The number of anilines is 1. The zero-order valence-corrected chi connectivity index (χ0v) is 13.9. The third kappa shape index (κ3) is 5.25. The Kier molecular flexibility index (Phi) is 6.24. The molecular weight excluding hydrogens is 349 g/mol. The van der Waals surface area contributed by atoms with Gasteiger partial charge < -0.3 is 4.74 Å². The molecule has 8 heteroatoms. The molecule has 2 aromatic rings. The summed E-state index contributed by atoms with van der Waals surface area (Å²) in [6.45, 7) is 3.71. The quantitative estimate of drug-likeness (QED) is 0.735. The van der Waals surface area contributed by atoms with Crippen LogP contribution in [0.15, 0.2) is 55.1 Å². The molecule has 0 aliphatic carbocycles. The Morgan fingerprint density at radius 2 is 1.88 bits per heavy atom. The molecule has 0 aliphatic rings. The highest BCUT2D eigenvalue weighted by molar-refractivity contribution is 5.85. The van der Waals surface area contributed by atoms with Crippen molar-refractivity contribution in [3.05, 3.63) is 71.8 Å². The SMILES string of the molecule is C=C(NOCc1ccccc1NC(=O)OC)c1cccc(C(F)(F)F)c1. The van der Waals surface area contributed by atoms with E-state index in [0.29, 0.717) is 11.3 Å². The maximum atomic E-state index is 12.8. The number of ether oxygens (including phenoxy) is 1. The first-order chi connectivity index (χ1) is 12.3. The molecule has 2 N–H and O–H groups in total. The summed E-state index contributed by atoms with van der Waals surface area (Å²) in [5.74, 6) is 0. The van der Waals surface area contributed by atoms with Gasteiger partial charge in [-0.2, -0.15) is 13.2 Å². The van der Waals surface area contributed by atoms with Gasteiger partial charge in [0.2, 0.25) is 0 Å². The highest BCUT2D eigenvalue weighted by Gasteiger charge is 2.30. The van der Waals surface area contributed by atoms with Crippen LogP contribution >= 0.6 is 0 Å². The van der Waals surface area contributed by atoms with Crippen molar-refractivity contribution < 1.29 is 27.5 Å². The molecule has 0 fully saturated rings. The number of hydrogen-bond donors (Lipinski definition) is 2. The second kappa shape index (κ2) is 8.39. The number of para-hydroxylation sites is 1. The zero-order chi connectivity index (χ0) is 19.2. The number of amides is 1. The Labute approximate surface area is 148 Å². The Morgan fingerprint density at radius 3 is 2.58 bits per heavy atom. The average Bonchev–Trinajstić information content (AvgIpc) is 2.62. The Hall–Kier alpha value is -3.00. The second-order valence-corrected chi connectivity index (χ2v) is 5.22. The van der Waals surface area contributed by atoms with Gasteiger partial charge in [0.25, 0.3) is 0 Å². The van der Waals surface area contributed by atoms with Gasteiger partial charge in [-0.05, 0) is 23.8 Å². The molecule has 0 aromatic heterocycles. The van der Waals surface area contributed by atoms with Crippen molar-refractivity contribution >= 4 is 17.5 Å². The van der Waals surface area contributed by atoms with Gasteiger partial charge in [0.05, 0.1) is 18.4 Å². The van der Waals surface area contributed by atoms with Gasteiger partial charge in [0, 0.05) is 11.3 Å². The molecule has 26 heavy (non-hydrogen) atoms. The molecule has 0 bridgehead atoms. The standard InChI is InChI=1S/C18H17F3N2O3/c1-12(13-7-5-8-15(10-13)18(19,20)21)23-26-11-14-6-3-4-9-16(14)22-17(24)25-2/h3-10,23H,1,11H2,2H3,(H,22,24). The maximum absolute atomic E-state index is 12.8. The predicted molar refractivity (Wildman–Crippen MR) is 90.9 cm³/mol. The molecule has 0 spiro atoms. The summed E-state index contributed by atoms with van der Waals surface area (Å²) >= 11 is 0. The fourth-order valence-corrected chi connectivity index (χ4v) is 2.07. The molecule has 0 aliphatic heterocycles. The third-order valence-corrected chi connectivity index (χ3v) is 3.40. The van der Waals surface area contributed by atoms with Crippen LogP contribution in [-0.2, 0) is 22.4 Å². The third-order valence-electron chi connectivity index (χ3n) is 3.40. The first-order valence-electron chi connectivity index (χ1n) is 7.48. The van der Waals surface area contributed by atoms with Crippen LogP contribution in [0, 0.1) is 0 Å². The van der Waals surface area contributed by atoms with Crippen LogP contribution < -0.4 is 10.8 Å². The van der Waals surface area contributed by atoms with Gasteiger partial charge in [0.15, 0.2) is 0 Å². The van der Waals surface area contributed by atoms with E-state index in [2.05, 4.69) is 22.1 Å². The van der Waals surface area contributed by atoms with Gasteiger partial charge in [0.1, 0.15) is 6.61 Å².